The topological polar surface area (TPSA) is 106 Å². The minimum absolute atomic E-state index is 0.159. The number of morpholine rings is 1. The summed E-state index contributed by atoms with van der Waals surface area (Å²) in [6.45, 7) is 6.40. The Labute approximate surface area is 231 Å². The van der Waals surface area contributed by atoms with Crippen molar-refractivity contribution < 1.29 is 9.53 Å². The van der Waals surface area contributed by atoms with Crippen molar-refractivity contribution in [3.05, 3.63) is 65.2 Å². The smallest absolute Gasteiger partial charge is 0.236 e. The van der Waals surface area contributed by atoms with Crippen molar-refractivity contribution in [1.29, 1.82) is 0 Å². The number of carbonyl (C=O) groups excluding carboxylic acids is 1. The van der Waals surface area contributed by atoms with E-state index in [1.165, 1.54) is 0 Å². The number of nitrogens with zero attached hydrogens (tertiary/aromatic N) is 7. The Balaban J connectivity index is 1.27. The van der Waals surface area contributed by atoms with E-state index < -0.39 is 0 Å². The predicted octanol–water partition coefficient (Wildman–Crippen LogP) is 2.76. The summed E-state index contributed by atoms with van der Waals surface area (Å²) < 4.78 is 7.15. The van der Waals surface area contributed by atoms with Crippen LogP contribution in [0.3, 0.4) is 0 Å². The van der Waals surface area contributed by atoms with Crippen molar-refractivity contribution in [3.63, 3.8) is 0 Å². The second kappa shape index (κ2) is 11.2. The minimum Gasteiger partial charge on any atom is -0.383 e. The van der Waals surface area contributed by atoms with Gasteiger partial charge in [-0.05, 0) is 17.7 Å². The number of halogens is 1. The number of hydrogen-bond acceptors (Lipinski definition) is 8. The van der Waals surface area contributed by atoms with Crippen LogP contribution in [0.25, 0.3) is 22.3 Å². The molecule has 0 aliphatic carbocycles. The lowest BCUT2D eigenvalue weighted by Gasteiger charge is -2.36. The van der Waals surface area contributed by atoms with E-state index in [0.29, 0.717) is 86.0 Å². The van der Waals surface area contributed by atoms with Crippen molar-refractivity contribution in [2.24, 2.45) is 0 Å². The van der Waals surface area contributed by atoms with Crippen LogP contribution in [-0.2, 0) is 16.1 Å². The van der Waals surface area contributed by atoms with Crippen molar-refractivity contribution in [2.75, 3.05) is 69.7 Å². The average Bonchev–Trinajstić information content (AvgIpc) is 3.28. The van der Waals surface area contributed by atoms with Gasteiger partial charge in [0, 0.05) is 49.9 Å². The number of rotatable bonds is 6. The zero-order valence-electron chi connectivity index (χ0n) is 21.7. The minimum atomic E-state index is 0.159. The van der Waals surface area contributed by atoms with Gasteiger partial charge in [-0.2, -0.15) is 4.98 Å². The fourth-order valence-corrected chi connectivity index (χ4v) is 5.31. The molecule has 6 rings (SSSR count). The third-order valence-corrected chi connectivity index (χ3v) is 7.51. The van der Waals surface area contributed by atoms with E-state index in [1.807, 2.05) is 59.5 Å². The lowest BCUT2D eigenvalue weighted by molar-refractivity contribution is -0.136. The third-order valence-electron chi connectivity index (χ3n) is 7.28. The van der Waals surface area contributed by atoms with Crippen molar-refractivity contribution in [3.8, 4) is 11.3 Å². The van der Waals surface area contributed by atoms with E-state index in [1.54, 1.807) is 4.68 Å². The van der Waals surface area contributed by atoms with Crippen LogP contribution in [0, 0.1) is 0 Å². The van der Waals surface area contributed by atoms with Crippen LogP contribution in [0.2, 0.25) is 5.02 Å². The average molecular weight is 547 g/mol. The Kier molecular flexibility index (Phi) is 7.32. The maximum Gasteiger partial charge on any atom is 0.236 e. The van der Waals surface area contributed by atoms with Crippen molar-refractivity contribution in [2.45, 2.75) is 6.54 Å². The summed E-state index contributed by atoms with van der Waals surface area (Å²) in [6.07, 6.45) is 0. The summed E-state index contributed by atoms with van der Waals surface area (Å²) in [4.78, 5) is 28.8. The van der Waals surface area contributed by atoms with Crippen LogP contribution >= 0.6 is 11.6 Å². The van der Waals surface area contributed by atoms with E-state index in [-0.39, 0.29) is 5.91 Å². The summed E-state index contributed by atoms with van der Waals surface area (Å²) in [6, 6.07) is 17.7. The summed E-state index contributed by atoms with van der Waals surface area (Å²) in [5.41, 5.74) is 9.85. The van der Waals surface area contributed by atoms with Gasteiger partial charge in [-0.3, -0.25) is 9.69 Å². The first kappa shape index (κ1) is 25.5. The van der Waals surface area contributed by atoms with E-state index in [4.69, 9.17) is 37.1 Å². The molecule has 0 spiro atoms. The molecular formula is C28H31ClN8O2. The highest BCUT2D eigenvalue weighted by Gasteiger charge is 2.26. The highest BCUT2D eigenvalue weighted by molar-refractivity contribution is 6.30. The number of anilines is 2. The highest BCUT2D eigenvalue weighted by atomic mass is 35.5. The summed E-state index contributed by atoms with van der Waals surface area (Å²) >= 11 is 6.35. The second-order valence-electron chi connectivity index (χ2n) is 9.87. The molecule has 0 radical (unpaired) electrons. The molecule has 0 saturated carbocycles. The number of piperazine rings is 1. The van der Waals surface area contributed by atoms with Gasteiger partial charge in [-0.25, -0.2) is 9.67 Å². The van der Waals surface area contributed by atoms with Crippen LogP contribution in [0.1, 0.15) is 5.56 Å². The molecule has 2 aromatic carbocycles. The molecule has 4 heterocycles. The van der Waals surface area contributed by atoms with Gasteiger partial charge in [0.2, 0.25) is 11.9 Å². The van der Waals surface area contributed by atoms with Crippen LogP contribution in [-0.4, -0.2) is 94.5 Å². The standard InChI is InChI=1S/C28H31ClN8O2/c29-22-8-4-7-21(17-22)25-24-26(30)37(18-20-5-2-1-3-6-20)33-27(24)32-28(31-25)36-11-9-34(10-12-36)19-23(38)35-13-15-39-16-14-35/h1-8,17H,9-16,18-19,30H2. The van der Waals surface area contributed by atoms with Crippen LogP contribution in [0.15, 0.2) is 54.6 Å². The number of fused-ring (bicyclic) bond motifs is 1. The number of ether oxygens (including phenoxy) is 1. The Bertz CT molecular complexity index is 1460. The van der Waals surface area contributed by atoms with Crippen LogP contribution < -0.4 is 10.6 Å². The van der Waals surface area contributed by atoms with Gasteiger partial charge < -0.3 is 20.3 Å². The first-order valence-electron chi connectivity index (χ1n) is 13.2. The molecule has 1 amide bonds. The van der Waals surface area contributed by atoms with Gasteiger partial charge in [-0.15, -0.1) is 5.10 Å². The molecule has 10 nitrogen and oxygen atoms in total. The third kappa shape index (κ3) is 5.54. The lowest BCUT2D eigenvalue weighted by Crippen LogP contribution is -2.51. The zero-order chi connectivity index (χ0) is 26.8. The highest BCUT2D eigenvalue weighted by Crippen LogP contribution is 2.33. The summed E-state index contributed by atoms with van der Waals surface area (Å²) in [5, 5.41) is 6.12. The first-order valence-corrected chi connectivity index (χ1v) is 13.6. The normalized spacial score (nSPS) is 16.6. The Morgan fingerprint density at radius 1 is 0.949 bits per heavy atom. The Morgan fingerprint density at radius 3 is 2.46 bits per heavy atom. The molecule has 2 aliphatic rings. The molecular weight excluding hydrogens is 516 g/mol. The summed E-state index contributed by atoms with van der Waals surface area (Å²) in [5.74, 6) is 1.27. The monoisotopic (exact) mass is 546 g/mol. The predicted molar refractivity (Wildman–Crippen MR) is 152 cm³/mol. The van der Waals surface area contributed by atoms with E-state index in [2.05, 4.69) is 9.80 Å². The number of nitrogens with two attached hydrogens (primary N) is 1. The lowest BCUT2D eigenvalue weighted by atomic mass is 10.1. The molecule has 0 unspecified atom stereocenters. The quantitative estimate of drug-likeness (QED) is 0.393. The van der Waals surface area contributed by atoms with Gasteiger partial charge in [0.25, 0.3) is 0 Å². The number of benzene rings is 2. The van der Waals surface area contributed by atoms with E-state index >= 15 is 0 Å². The van der Waals surface area contributed by atoms with Gasteiger partial charge in [0.1, 0.15) is 5.82 Å². The fraction of sp³-hybridized carbons (Fsp3) is 0.357. The molecule has 0 bridgehead atoms. The molecule has 2 saturated heterocycles. The van der Waals surface area contributed by atoms with E-state index in [9.17, 15) is 4.79 Å². The maximum absolute atomic E-state index is 12.7. The van der Waals surface area contributed by atoms with Crippen molar-refractivity contribution >= 4 is 40.3 Å². The molecule has 202 valence electrons. The summed E-state index contributed by atoms with van der Waals surface area (Å²) in [7, 11) is 0. The molecule has 0 atom stereocenters. The molecule has 2 fully saturated rings. The number of amides is 1. The van der Waals surface area contributed by atoms with Crippen LogP contribution in [0.5, 0.6) is 0 Å². The fourth-order valence-electron chi connectivity index (χ4n) is 5.12. The van der Waals surface area contributed by atoms with Crippen LogP contribution in [0.4, 0.5) is 11.8 Å². The number of hydrogen-bond donors (Lipinski definition) is 1. The first-order chi connectivity index (χ1) is 19.0. The van der Waals surface area contributed by atoms with Crippen molar-refractivity contribution in [1.82, 2.24) is 29.5 Å². The molecule has 11 heteroatoms. The largest absolute Gasteiger partial charge is 0.383 e. The SMILES string of the molecule is Nc1c2c(-c3cccc(Cl)c3)nc(N3CCN(CC(=O)N4CCOCC4)CC3)nc2nn1Cc1ccccc1. The maximum atomic E-state index is 12.7. The molecule has 39 heavy (non-hydrogen) atoms. The second-order valence-corrected chi connectivity index (χ2v) is 10.3. The number of aromatic nitrogens is 4. The number of carbonyl (C=O) groups is 1. The Hall–Kier alpha value is -3.73. The molecule has 2 N–H and O–H groups in total. The molecule has 4 aromatic rings. The number of nitrogen functional groups attached to an aromatic ring is 1. The van der Waals surface area contributed by atoms with Gasteiger partial charge in [-0.1, -0.05) is 54.1 Å². The van der Waals surface area contributed by atoms with Gasteiger partial charge >= 0.3 is 0 Å². The van der Waals surface area contributed by atoms with E-state index in [0.717, 1.165) is 24.2 Å². The Morgan fingerprint density at radius 2 is 1.72 bits per heavy atom. The molecule has 2 aromatic heterocycles. The van der Waals surface area contributed by atoms with Gasteiger partial charge in [0.05, 0.1) is 37.4 Å². The zero-order valence-corrected chi connectivity index (χ0v) is 22.4. The van der Waals surface area contributed by atoms with Gasteiger partial charge in [0.15, 0.2) is 5.65 Å². The molecule has 2 aliphatic heterocycles.